The third-order valence-corrected chi connectivity index (χ3v) is 5.20. The van der Waals surface area contributed by atoms with Crippen molar-refractivity contribution in [3.8, 4) is 0 Å². The molecule has 0 bridgehead atoms. The van der Waals surface area contributed by atoms with E-state index in [1.165, 1.54) is 12.1 Å². The van der Waals surface area contributed by atoms with Crippen LogP contribution in [0, 0.1) is 5.92 Å². The number of morpholine rings is 1. The summed E-state index contributed by atoms with van der Waals surface area (Å²) in [5, 5.41) is 0. The van der Waals surface area contributed by atoms with Gasteiger partial charge in [0.2, 0.25) is 0 Å². The Balaban J connectivity index is 1.65. The summed E-state index contributed by atoms with van der Waals surface area (Å²) in [6, 6.07) is 14.6. The fourth-order valence-corrected chi connectivity index (χ4v) is 3.83. The van der Waals surface area contributed by atoms with Crippen LogP contribution in [-0.4, -0.2) is 54.6 Å². The minimum absolute atomic E-state index is 0.0344. The molecular formula is C24H29F3N2O2. The second-order valence-corrected chi connectivity index (χ2v) is 8.40. The Hall–Kier alpha value is -2.38. The van der Waals surface area contributed by atoms with Gasteiger partial charge in [-0.05, 0) is 29.7 Å². The number of alkyl halides is 3. The van der Waals surface area contributed by atoms with Crippen molar-refractivity contribution in [2.45, 2.75) is 32.7 Å². The summed E-state index contributed by atoms with van der Waals surface area (Å²) in [7, 11) is 0. The number of benzene rings is 2. The summed E-state index contributed by atoms with van der Waals surface area (Å²) in [6.07, 6.45) is -4.54. The first-order chi connectivity index (χ1) is 14.7. The molecule has 0 spiro atoms. The average Bonchev–Trinajstić information content (AvgIpc) is 2.73. The van der Waals surface area contributed by atoms with Gasteiger partial charge in [-0.1, -0.05) is 50.2 Å². The maximum absolute atomic E-state index is 13.0. The van der Waals surface area contributed by atoms with Gasteiger partial charge in [-0.15, -0.1) is 0 Å². The molecule has 0 unspecified atom stereocenters. The molecule has 1 amide bonds. The highest BCUT2D eigenvalue weighted by Gasteiger charge is 2.31. The van der Waals surface area contributed by atoms with Gasteiger partial charge in [-0.2, -0.15) is 13.2 Å². The van der Waals surface area contributed by atoms with Gasteiger partial charge in [-0.25, -0.2) is 0 Å². The second-order valence-electron chi connectivity index (χ2n) is 8.40. The Morgan fingerprint density at radius 2 is 1.90 bits per heavy atom. The smallest absolute Gasteiger partial charge is 0.374 e. The fourth-order valence-electron chi connectivity index (χ4n) is 3.83. The average molecular weight is 435 g/mol. The van der Waals surface area contributed by atoms with Gasteiger partial charge in [0, 0.05) is 38.3 Å². The summed E-state index contributed by atoms with van der Waals surface area (Å²) in [6.45, 7) is 7.29. The molecule has 1 heterocycles. The predicted octanol–water partition coefficient (Wildman–Crippen LogP) is 4.70. The zero-order chi connectivity index (χ0) is 22.4. The first kappa shape index (κ1) is 23.3. The number of hydrogen-bond acceptors (Lipinski definition) is 3. The molecule has 3 rings (SSSR count). The Morgan fingerprint density at radius 1 is 1.16 bits per heavy atom. The molecule has 1 fully saturated rings. The summed E-state index contributed by atoms with van der Waals surface area (Å²) < 4.78 is 44.9. The van der Waals surface area contributed by atoms with E-state index in [-0.39, 0.29) is 12.0 Å². The second kappa shape index (κ2) is 10.3. The van der Waals surface area contributed by atoms with Crippen molar-refractivity contribution in [1.82, 2.24) is 9.80 Å². The SMILES string of the molecule is CC(C)CN(C[C@@H]1CN(Cc2cccc(C(F)(F)F)c2)CCO1)C(=O)c1ccccc1. The monoisotopic (exact) mass is 434 g/mol. The number of carbonyl (C=O) groups excluding carboxylic acids is 1. The van der Waals surface area contributed by atoms with Crippen LogP contribution in [-0.2, 0) is 17.5 Å². The summed E-state index contributed by atoms with van der Waals surface area (Å²) in [5.41, 5.74) is 0.626. The van der Waals surface area contributed by atoms with Crippen LogP contribution in [0.1, 0.15) is 35.3 Å². The van der Waals surface area contributed by atoms with Crippen LogP contribution >= 0.6 is 0 Å². The van der Waals surface area contributed by atoms with Crippen molar-refractivity contribution >= 4 is 5.91 Å². The molecule has 0 radical (unpaired) electrons. The molecule has 0 N–H and O–H groups in total. The third-order valence-electron chi connectivity index (χ3n) is 5.20. The minimum atomic E-state index is -4.35. The molecule has 1 atom stereocenters. The normalized spacial score (nSPS) is 17.7. The van der Waals surface area contributed by atoms with E-state index in [9.17, 15) is 18.0 Å². The lowest BCUT2D eigenvalue weighted by molar-refractivity contribution is -0.137. The molecule has 168 valence electrons. The zero-order valence-electron chi connectivity index (χ0n) is 17.9. The van der Waals surface area contributed by atoms with Crippen LogP contribution in [0.2, 0.25) is 0 Å². The van der Waals surface area contributed by atoms with E-state index >= 15 is 0 Å². The first-order valence-electron chi connectivity index (χ1n) is 10.6. The van der Waals surface area contributed by atoms with E-state index in [0.717, 1.165) is 6.07 Å². The molecule has 4 nitrogen and oxygen atoms in total. The van der Waals surface area contributed by atoms with Crippen molar-refractivity contribution in [3.05, 3.63) is 71.3 Å². The van der Waals surface area contributed by atoms with Gasteiger partial charge in [0.05, 0.1) is 18.3 Å². The number of nitrogens with zero attached hydrogens (tertiary/aromatic N) is 2. The summed E-state index contributed by atoms with van der Waals surface area (Å²) >= 11 is 0. The highest BCUT2D eigenvalue weighted by Crippen LogP contribution is 2.30. The first-order valence-corrected chi connectivity index (χ1v) is 10.6. The largest absolute Gasteiger partial charge is 0.416 e. The van der Waals surface area contributed by atoms with E-state index in [0.29, 0.717) is 56.4 Å². The quantitative estimate of drug-likeness (QED) is 0.633. The van der Waals surface area contributed by atoms with Crippen LogP contribution < -0.4 is 0 Å². The van der Waals surface area contributed by atoms with Crippen molar-refractivity contribution in [3.63, 3.8) is 0 Å². The fraction of sp³-hybridized carbons (Fsp3) is 0.458. The van der Waals surface area contributed by atoms with E-state index in [1.807, 2.05) is 23.1 Å². The number of halogens is 3. The van der Waals surface area contributed by atoms with E-state index in [1.54, 1.807) is 18.2 Å². The van der Waals surface area contributed by atoms with Crippen LogP contribution in [0.4, 0.5) is 13.2 Å². The van der Waals surface area contributed by atoms with Gasteiger partial charge in [0.15, 0.2) is 0 Å². The predicted molar refractivity (Wildman–Crippen MR) is 114 cm³/mol. The minimum Gasteiger partial charge on any atom is -0.374 e. The Kier molecular flexibility index (Phi) is 7.73. The van der Waals surface area contributed by atoms with E-state index in [2.05, 4.69) is 18.7 Å². The van der Waals surface area contributed by atoms with Crippen molar-refractivity contribution in [1.29, 1.82) is 0 Å². The van der Waals surface area contributed by atoms with Crippen LogP contribution in [0.5, 0.6) is 0 Å². The van der Waals surface area contributed by atoms with Crippen LogP contribution in [0.25, 0.3) is 0 Å². The molecule has 0 saturated carbocycles. The van der Waals surface area contributed by atoms with Crippen LogP contribution in [0.3, 0.4) is 0 Å². The summed E-state index contributed by atoms with van der Waals surface area (Å²) in [5.74, 6) is 0.269. The standard InChI is InChI=1S/C24H29F3N2O2/c1-18(2)14-29(23(30)20-8-4-3-5-9-20)17-22-16-28(11-12-31-22)15-19-7-6-10-21(13-19)24(25,26)27/h3-10,13,18,22H,11-12,14-17H2,1-2H3/t22-/m0/s1. The molecule has 2 aromatic rings. The molecular weight excluding hydrogens is 405 g/mol. The van der Waals surface area contributed by atoms with Crippen molar-refractivity contribution in [2.24, 2.45) is 5.92 Å². The Bertz CT molecular complexity index is 855. The molecule has 0 aromatic heterocycles. The van der Waals surface area contributed by atoms with E-state index < -0.39 is 11.7 Å². The highest BCUT2D eigenvalue weighted by atomic mass is 19.4. The molecule has 7 heteroatoms. The lowest BCUT2D eigenvalue weighted by Gasteiger charge is -2.36. The highest BCUT2D eigenvalue weighted by molar-refractivity contribution is 5.94. The molecule has 2 aromatic carbocycles. The maximum atomic E-state index is 13.0. The van der Waals surface area contributed by atoms with Crippen molar-refractivity contribution in [2.75, 3.05) is 32.8 Å². The number of amides is 1. The number of carbonyl (C=O) groups is 1. The van der Waals surface area contributed by atoms with E-state index in [4.69, 9.17) is 4.74 Å². The van der Waals surface area contributed by atoms with Crippen molar-refractivity contribution < 1.29 is 22.7 Å². The molecule has 31 heavy (non-hydrogen) atoms. The Labute approximate surface area is 181 Å². The van der Waals surface area contributed by atoms with Crippen LogP contribution in [0.15, 0.2) is 54.6 Å². The lowest BCUT2D eigenvalue weighted by Crippen LogP contribution is -2.49. The van der Waals surface area contributed by atoms with Gasteiger partial charge in [0.25, 0.3) is 5.91 Å². The zero-order valence-corrected chi connectivity index (χ0v) is 17.9. The number of hydrogen-bond donors (Lipinski definition) is 0. The molecule has 1 saturated heterocycles. The van der Waals surface area contributed by atoms with Gasteiger partial charge >= 0.3 is 6.18 Å². The topological polar surface area (TPSA) is 32.8 Å². The summed E-state index contributed by atoms with van der Waals surface area (Å²) in [4.78, 5) is 16.9. The number of rotatable bonds is 7. The number of ether oxygens (including phenoxy) is 1. The molecule has 1 aliphatic rings. The van der Waals surface area contributed by atoms with Gasteiger partial charge in [-0.3, -0.25) is 9.69 Å². The maximum Gasteiger partial charge on any atom is 0.416 e. The third kappa shape index (κ3) is 6.80. The van der Waals surface area contributed by atoms with Gasteiger partial charge in [0.1, 0.15) is 0 Å². The van der Waals surface area contributed by atoms with Gasteiger partial charge < -0.3 is 9.64 Å². The molecule has 1 aliphatic heterocycles. The lowest BCUT2D eigenvalue weighted by atomic mass is 10.1. The molecule has 0 aliphatic carbocycles. The Morgan fingerprint density at radius 3 is 2.58 bits per heavy atom.